The summed E-state index contributed by atoms with van der Waals surface area (Å²) in [4.78, 5) is 17.6. The van der Waals surface area contributed by atoms with Crippen LogP contribution in [0.1, 0.15) is 16.1 Å². The maximum Gasteiger partial charge on any atom is 0.274 e. The summed E-state index contributed by atoms with van der Waals surface area (Å²) in [6.07, 6.45) is 3.29. The number of aromatic nitrogens is 2. The van der Waals surface area contributed by atoms with Crippen LogP contribution >= 0.6 is 0 Å². The minimum atomic E-state index is -0.122. The van der Waals surface area contributed by atoms with Crippen molar-refractivity contribution in [1.29, 1.82) is 0 Å². The van der Waals surface area contributed by atoms with E-state index >= 15 is 0 Å². The Labute approximate surface area is 105 Å². The van der Waals surface area contributed by atoms with E-state index in [1.165, 1.54) is 0 Å². The number of nitrogens with zero attached hydrogens (tertiary/aromatic N) is 3. The van der Waals surface area contributed by atoms with Crippen molar-refractivity contribution in [3.8, 4) is 5.75 Å². The Morgan fingerprint density at radius 3 is 2.61 bits per heavy atom. The van der Waals surface area contributed by atoms with Crippen molar-refractivity contribution in [2.24, 2.45) is 7.05 Å². The van der Waals surface area contributed by atoms with E-state index in [1.807, 2.05) is 7.05 Å². The number of aromatic hydroxyl groups is 1. The molecule has 2 aromatic rings. The van der Waals surface area contributed by atoms with Crippen molar-refractivity contribution in [1.82, 2.24) is 14.5 Å². The average molecular weight is 245 g/mol. The number of phenolic OH excluding ortho intramolecular Hbond substituents is 1. The van der Waals surface area contributed by atoms with Gasteiger partial charge in [-0.25, -0.2) is 4.98 Å². The van der Waals surface area contributed by atoms with E-state index in [4.69, 9.17) is 0 Å². The Morgan fingerprint density at radius 1 is 1.39 bits per heavy atom. The van der Waals surface area contributed by atoms with Crippen molar-refractivity contribution in [2.75, 3.05) is 7.05 Å². The van der Waals surface area contributed by atoms with Gasteiger partial charge in [-0.2, -0.15) is 0 Å². The molecule has 0 spiro atoms. The molecule has 1 heterocycles. The third-order valence-corrected chi connectivity index (χ3v) is 2.63. The summed E-state index contributed by atoms with van der Waals surface area (Å²) >= 11 is 0. The lowest BCUT2D eigenvalue weighted by Gasteiger charge is -2.15. The highest BCUT2D eigenvalue weighted by Gasteiger charge is 2.14. The molecule has 1 aromatic heterocycles. The van der Waals surface area contributed by atoms with Gasteiger partial charge in [0.05, 0.1) is 6.33 Å². The zero-order valence-corrected chi connectivity index (χ0v) is 10.4. The first-order valence-electron chi connectivity index (χ1n) is 5.57. The Hall–Kier alpha value is -2.30. The van der Waals surface area contributed by atoms with Gasteiger partial charge in [0.25, 0.3) is 5.91 Å². The normalized spacial score (nSPS) is 10.3. The number of aryl methyl sites for hydroxylation is 1. The van der Waals surface area contributed by atoms with Gasteiger partial charge in [0, 0.05) is 26.8 Å². The molecule has 0 aliphatic carbocycles. The lowest BCUT2D eigenvalue weighted by atomic mass is 10.2. The van der Waals surface area contributed by atoms with Gasteiger partial charge in [0.2, 0.25) is 0 Å². The number of carbonyl (C=O) groups excluding carboxylic acids is 1. The molecule has 0 saturated carbocycles. The monoisotopic (exact) mass is 245 g/mol. The third kappa shape index (κ3) is 2.68. The van der Waals surface area contributed by atoms with Crippen LogP contribution in [0.25, 0.3) is 0 Å². The van der Waals surface area contributed by atoms with Crippen LogP contribution in [-0.2, 0) is 13.6 Å². The number of hydrogen-bond acceptors (Lipinski definition) is 3. The smallest absolute Gasteiger partial charge is 0.274 e. The number of amides is 1. The summed E-state index contributed by atoms with van der Waals surface area (Å²) < 4.78 is 1.74. The van der Waals surface area contributed by atoms with Gasteiger partial charge in [0.15, 0.2) is 0 Å². The molecular formula is C13H15N3O2. The zero-order chi connectivity index (χ0) is 13.1. The number of carbonyl (C=O) groups is 1. The first kappa shape index (κ1) is 12.2. The van der Waals surface area contributed by atoms with Crippen molar-refractivity contribution < 1.29 is 9.90 Å². The van der Waals surface area contributed by atoms with Crippen molar-refractivity contribution in [2.45, 2.75) is 6.54 Å². The maximum atomic E-state index is 12.0. The fraction of sp³-hybridized carbons (Fsp3) is 0.231. The SMILES string of the molecule is CN(Cc1ccc(O)cc1)C(=O)c1cn(C)cn1. The molecule has 94 valence electrons. The molecule has 0 saturated heterocycles. The van der Waals surface area contributed by atoms with Crippen molar-refractivity contribution >= 4 is 5.91 Å². The molecule has 18 heavy (non-hydrogen) atoms. The molecule has 0 unspecified atom stereocenters. The van der Waals surface area contributed by atoms with Crippen LogP contribution in [0.5, 0.6) is 5.75 Å². The molecule has 0 aliphatic rings. The quantitative estimate of drug-likeness (QED) is 0.889. The Morgan fingerprint density at radius 2 is 2.06 bits per heavy atom. The zero-order valence-electron chi connectivity index (χ0n) is 10.4. The largest absolute Gasteiger partial charge is 0.508 e. The summed E-state index contributed by atoms with van der Waals surface area (Å²) in [6.45, 7) is 0.482. The molecule has 1 aromatic carbocycles. The summed E-state index contributed by atoms with van der Waals surface area (Å²) in [5.74, 6) is 0.0983. The number of benzene rings is 1. The summed E-state index contributed by atoms with van der Waals surface area (Å²) in [5, 5.41) is 9.19. The molecule has 0 aliphatic heterocycles. The van der Waals surface area contributed by atoms with E-state index in [1.54, 1.807) is 53.3 Å². The van der Waals surface area contributed by atoms with Gasteiger partial charge in [-0.05, 0) is 17.7 Å². The first-order chi connectivity index (χ1) is 8.56. The molecule has 0 atom stereocenters. The van der Waals surface area contributed by atoms with E-state index in [0.29, 0.717) is 12.2 Å². The molecule has 0 radical (unpaired) electrons. The minimum Gasteiger partial charge on any atom is -0.508 e. The maximum absolute atomic E-state index is 12.0. The van der Waals surface area contributed by atoms with Crippen molar-refractivity contribution in [3.63, 3.8) is 0 Å². The lowest BCUT2D eigenvalue weighted by molar-refractivity contribution is 0.0779. The van der Waals surface area contributed by atoms with Gasteiger partial charge in [-0.15, -0.1) is 0 Å². The summed E-state index contributed by atoms with van der Waals surface area (Å²) in [7, 11) is 3.55. The van der Waals surface area contributed by atoms with E-state index in [0.717, 1.165) is 5.56 Å². The second-order valence-electron chi connectivity index (χ2n) is 4.25. The lowest BCUT2D eigenvalue weighted by Crippen LogP contribution is -2.26. The van der Waals surface area contributed by atoms with Gasteiger partial charge in [-0.3, -0.25) is 4.79 Å². The highest BCUT2D eigenvalue weighted by atomic mass is 16.3. The molecule has 0 fully saturated rings. The number of hydrogen-bond donors (Lipinski definition) is 1. The van der Waals surface area contributed by atoms with E-state index < -0.39 is 0 Å². The van der Waals surface area contributed by atoms with Crippen LogP contribution in [0.15, 0.2) is 36.8 Å². The molecule has 2 rings (SSSR count). The molecule has 0 bridgehead atoms. The molecule has 1 amide bonds. The standard InChI is InChI=1S/C13H15N3O2/c1-15-8-12(14-9-15)13(18)16(2)7-10-3-5-11(17)6-4-10/h3-6,8-9,17H,7H2,1-2H3. The minimum absolute atomic E-state index is 0.122. The van der Waals surface area contributed by atoms with Crippen LogP contribution in [0.2, 0.25) is 0 Å². The fourth-order valence-corrected chi connectivity index (χ4v) is 1.67. The Bertz CT molecular complexity index is 546. The topological polar surface area (TPSA) is 58.4 Å². The van der Waals surface area contributed by atoms with Crippen LogP contribution < -0.4 is 0 Å². The number of phenols is 1. The second-order valence-corrected chi connectivity index (χ2v) is 4.25. The highest BCUT2D eigenvalue weighted by Crippen LogP contribution is 2.12. The highest BCUT2D eigenvalue weighted by molar-refractivity contribution is 5.91. The predicted molar refractivity (Wildman–Crippen MR) is 67.1 cm³/mol. The molecule has 5 heteroatoms. The van der Waals surface area contributed by atoms with Crippen LogP contribution in [-0.4, -0.2) is 32.5 Å². The van der Waals surface area contributed by atoms with E-state index in [9.17, 15) is 9.90 Å². The van der Waals surface area contributed by atoms with Gasteiger partial charge in [0.1, 0.15) is 11.4 Å². The van der Waals surface area contributed by atoms with Crippen LogP contribution in [0.4, 0.5) is 0 Å². The molecule has 1 N–H and O–H groups in total. The van der Waals surface area contributed by atoms with E-state index in [-0.39, 0.29) is 11.7 Å². The second kappa shape index (κ2) is 4.91. The molecule has 5 nitrogen and oxygen atoms in total. The predicted octanol–water partition coefficient (Wildman–Crippen LogP) is 1.40. The summed E-state index contributed by atoms with van der Waals surface area (Å²) in [6, 6.07) is 6.79. The summed E-state index contributed by atoms with van der Waals surface area (Å²) in [5.41, 5.74) is 1.39. The van der Waals surface area contributed by atoms with E-state index in [2.05, 4.69) is 4.98 Å². The Kier molecular flexibility index (Phi) is 3.32. The molecular weight excluding hydrogens is 230 g/mol. The fourth-order valence-electron chi connectivity index (χ4n) is 1.67. The third-order valence-electron chi connectivity index (χ3n) is 2.63. The van der Waals surface area contributed by atoms with Crippen molar-refractivity contribution in [3.05, 3.63) is 48.0 Å². The van der Waals surface area contributed by atoms with Gasteiger partial charge < -0.3 is 14.6 Å². The average Bonchev–Trinajstić information content (AvgIpc) is 2.78. The van der Waals surface area contributed by atoms with Gasteiger partial charge in [-0.1, -0.05) is 12.1 Å². The number of rotatable bonds is 3. The van der Waals surface area contributed by atoms with Crippen LogP contribution in [0, 0.1) is 0 Å². The first-order valence-corrected chi connectivity index (χ1v) is 5.57. The van der Waals surface area contributed by atoms with Crippen LogP contribution in [0.3, 0.4) is 0 Å². The number of imidazole rings is 1. The Balaban J connectivity index is 2.05. The van der Waals surface area contributed by atoms with Gasteiger partial charge >= 0.3 is 0 Å².